The lowest BCUT2D eigenvalue weighted by atomic mass is 10.3. The Bertz CT molecular complexity index is 637. The second-order valence-electron chi connectivity index (χ2n) is 5.08. The Hall–Kier alpha value is -1.51. The lowest BCUT2D eigenvalue weighted by Crippen LogP contribution is -2.37. The molecule has 1 unspecified atom stereocenters. The number of rotatable bonds is 9. The average molecular weight is 381 g/mol. The van der Waals surface area contributed by atoms with Crippen molar-refractivity contribution in [1.82, 2.24) is 10.6 Å². The van der Waals surface area contributed by atoms with Crippen LogP contribution in [0.25, 0.3) is 0 Å². The van der Waals surface area contributed by atoms with Crippen LogP contribution in [0.5, 0.6) is 11.5 Å². The van der Waals surface area contributed by atoms with Gasteiger partial charge in [-0.05, 0) is 26.1 Å². The molecule has 7 nitrogen and oxygen atoms in total. The quantitative estimate of drug-likeness (QED) is 0.664. The van der Waals surface area contributed by atoms with Crippen LogP contribution in [0.15, 0.2) is 23.1 Å². The zero-order valence-electron chi connectivity index (χ0n) is 14.3. The van der Waals surface area contributed by atoms with Gasteiger partial charge in [0.05, 0.1) is 24.9 Å². The van der Waals surface area contributed by atoms with E-state index >= 15 is 0 Å². The van der Waals surface area contributed by atoms with Crippen molar-refractivity contribution in [3.05, 3.63) is 18.2 Å². The van der Waals surface area contributed by atoms with Crippen molar-refractivity contribution in [1.29, 1.82) is 0 Å². The number of carbonyl (C=O) groups excluding carboxylic acids is 1. The molecule has 0 saturated heterocycles. The van der Waals surface area contributed by atoms with Crippen LogP contribution >= 0.6 is 12.4 Å². The van der Waals surface area contributed by atoms with Gasteiger partial charge in [0.25, 0.3) is 0 Å². The van der Waals surface area contributed by atoms with E-state index in [0.717, 1.165) is 0 Å². The number of methoxy groups -OCH3 is 2. The molecule has 0 aliphatic rings. The summed E-state index contributed by atoms with van der Waals surface area (Å²) < 4.78 is 34.8. The summed E-state index contributed by atoms with van der Waals surface area (Å²) in [5.74, 6) is 0.227. The number of carbonyl (C=O) groups is 1. The predicted octanol–water partition coefficient (Wildman–Crippen LogP) is 1.01. The molecule has 2 N–H and O–H groups in total. The zero-order valence-corrected chi connectivity index (χ0v) is 15.9. The molecule has 0 heterocycles. The number of amides is 1. The first-order valence-corrected chi connectivity index (χ1v) is 8.88. The van der Waals surface area contributed by atoms with Gasteiger partial charge >= 0.3 is 0 Å². The SMILES string of the molecule is CNC(C)CNC(=O)CCS(=O)(=O)c1ccc(OC)c(OC)c1.Cl. The van der Waals surface area contributed by atoms with E-state index < -0.39 is 9.84 Å². The van der Waals surface area contributed by atoms with Crippen LogP contribution in [0.4, 0.5) is 0 Å². The molecule has 1 amide bonds. The van der Waals surface area contributed by atoms with Gasteiger partial charge in [0.15, 0.2) is 21.3 Å². The van der Waals surface area contributed by atoms with Crippen molar-refractivity contribution in [3.63, 3.8) is 0 Å². The van der Waals surface area contributed by atoms with Gasteiger partial charge in [0.2, 0.25) is 5.91 Å². The number of halogens is 1. The van der Waals surface area contributed by atoms with Gasteiger partial charge in [0.1, 0.15) is 0 Å². The Morgan fingerprint density at radius 3 is 2.38 bits per heavy atom. The van der Waals surface area contributed by atoms with Gasteiger partial charge in [-0.15, -0.1) is 12.4 Å². The highest BCUT2D eigenvalue weighted by Gasteiger charge is 2.19. The van der Waals surface area contributed by atoms with Crippen LogP contribution in [0.2, 0.25) is 0 Å². The van der Waals surface area contributed by atoms with E-state index in [1.807, 2.05) is 6.92 Å². The number of nitrogens with one attached hydrogen (secondary N) is 2. The number of hydrogen-bond acceptors (Lipinski definition) is 6. The van der Waals surface area contributed by atoms with Gasteiger partial charge in [-0.2, -0.15) is 0 Å². The van der Waals surface area contributed by atoms with Crippen LogP contribution in [0, 0.1) is 0 Å². The molecule has 9 heteroatoms. The lowest BCUT2D eigenvalue weighted by Gasteiger charge is -2.12. The number of likely N-dealkylation sites (N-methyl/N-ethyl adjacent to an activating group) is 1. The maximum absolute atomic E-state index is 12.3. The summed E-state index contributed by atoms with van der Waals surface area (Å²) in [5, 5.41) is 5.67. The first-order chi connectivity index (χ1) is 10.8. The zero-order chi connectivity index (χ0) is 17.5. The molecule has 0 aromatic heterocycles. The lowest BCUT2D eigenvalue weighted by molar-refractivity contribution is -0.120. The highest BCUT2D eigenvalue weighted by atomic mass is 35.5. The van der Waals surface area contributed by atoms with Crippen molar-refractivity contribution < 1.29 is 22.7 Å². The molecule has 1 aromatic rings. The van der Waals surface area contributed by atoms with Gasteiger partial charge in [-0.3, -0.25) is 4.79 Å². The molecule has 1 aromatic carbocycles. The molecule has 0 spiro atoms. The van der Waals surface area contributed by atoms with Crippen molar-refractivity contribution >= 4 is 28.2 Å². The highest BCUT2D eigenvalue weighted by molar-refractivity contribution is 7.91. The molecular formula is C15H25ClN2O5S. The molecule has 0 fully saturated rings. The second-order valence-corrected chi connectivity index (χ2v) is 7.19. The number of ether oxygens (including phenoxy) is 2. The third-order valence-electron chi connectivity index (χ3n) is 3.41. The number of benzene rings is 1. The predicted molar refractivity (Wildman–Crippen MR) is 95.0 cm³/mol. The van der Waals surface area contributed by atoms with E-state index in [4.69, 9.17) is 9.47 Å². The Morgan fingerprint density at radius 1 is 1.21 bits per heavy atom. The van der Waals surface area contributed by atoms with Crippen LogP contribution in [0.1, 0.15) is 13.3 Å². The largest absolute Gasteiger partial charge is 0.493 e. The molecule has 0 radical (unpaired) electrons. The van der Waals surface area contributed by atoms with E-state index in [2.05, 4.69) is 10.6 Å². The molecule has 0 bridgehead atoms. The summed E-state index contributed by atoms with van der Waals surface area (Å²) in [5.41, 5.74) is 0. The van der Waals surface area contributed by atoms with Crippen molar-refractivity contribution in [2.75, 3.05) is 33.6 Å². The third-order valence-corrected chi connectivity index (χ3v) is 5.12. The molecular weight excluding hydrogens is 356 g/mol. The molecule has 0 aliphatic heterocycles. The van der Waals surface area contributed by atoms with E-state index in [1.54, 1.807) is 7.05 Å². The van der Waals surface area contributed by atoms with Crippen molar-refractivity contribution in [2.24, 2.45) is 0 Å². The number of hydrogen-bond donors (Lipinski definition) is 2. The summed E-state index contributed by atoms with van der Waals surface area (Å²) in [7, 11) is 1.13. The topological polar surface area (TPSA) is 93.7 Å². The van der Waals surface area contributed by atoms with Crippen molar-refractivity contribution in [3.8, 4) is 11.5 Å². The van der Waals surface area contributed by atoms with E-state index in [0.29, 0.717) is 18.0 Å². The molecule has 0 aliphatic carbocycles. The molecule has 1 rings (SSSR count). The monoisotopic (exact) mass is 380 g/mol. The summed E-state index contributed by atoms with van der Waals surface area (Å²) in [6.45, 7) is 2.37. The molecule has 138 valence electrons. The van der Waals surface area contributed by atoms with Crippen LogP contribution in [0.3, 0.4) is 0 Å². The van der Waals surface area contributed by atoms with Crippen LogP contribution < -0.4 is 20.1 Å². The van der Waals surface area contributed by atoms with E-state index in [-0.39, 0.29) is 41.4 Å². The Labute approximate surface area is 149 Å². The minimum atomic E-state index is -3.57. The first kappa shape index (κ1) is 22.5. The third kappa shape index (κ3) is 6.54. The second kappa shape index (κ2) is 10.4. The fourth-order valence-electron chi connectivity index (χ4n) is 1.81. The van der Waals surface area contributed by atoms with E-state index in [1.165, 1.54) is 32.4 Å². The minimum Gasteiger partial charge on any atom is -0.493 e. The highest BCUT2D eigenvalue weighted by Crippen LogP contribution is 2.29. The maximum atomic E-state index is 12.3. The summed E-state index contributed by atoms with van der Waals surface area (Å²) in [4.78, 5) is 11.8. The molecule has 1 atom stereocenters. The Balaban J connectivity index is 0.00000529. The summed E-state index contributed by atoms with van der Waals surface area (Å²) in [6, 6.07) is 4.49. The smallest absolute Gasteiger partial charge is 0.221 e. The van der Waals surface area contributed by atoms with Crippen LogP contribution in [-0.4, -0.2) is 53.9 Å². The van der Waals surface area contributed by atoms with Crippen LogP contribution in [-0.2, 0) is 14.6 Å². The van der Waals surface area contributed by atoms with Gasteiger partial charge in [-0.25, -0.2) is 8.42 Å². The van der Waals surface area contributed by atoms with Gasteiger partial charge in [0, 0.05) is 25.1 Å². The fraction of sp³-hybridized carbons (Fsp3) is 0.533. The Morgan fingerprint density at radius 2 is 1.83 bits per heavy atom. The van der Waals surface area contributed by atoms with Gasteiger partial charge < -0.3 is 20.1 Å². The Kier molecular flexibility index (Phi) is 9.72. The normalized spacial score (nSPS) is 12.0. The summed E-state index contributed by atoms with van der Waals surface area (Å²) in [6.07, 6.45) is -0.0902. The van der Waals surface area contributed by atoms with E-state index in [9.17, 15) is 13.2 Å². The maximum Gasteiger partial charge on any atom is 0.221 e. The van der Waals surface area contributed by atoms with Gasteiger partial charge in [-0.1, -0.05) is 0 Å². The average Bonchev–Trinajstić information content (AvgIpc) is 2.56. The summed E-state index contributed by atoms with van der Waals surface area (Å²) >= 11 is 0. The number of sulfone groups is 1. The van der Waals surface area contributed by atoms with Crippen molar-refractivity contribution in [2.45, 2.75) is 24.3 Å². The minimum absolute atomic E-state index is 0. The fourth-order valence-corrected chi connectivity index (χ4v) is 3.06. The first-order valence-electron chi connectivity index (χ1n) is 7.22. The molecule has 0 saturated carbocycles. The standard InChI is InChI=1S/C15H24N2O5S.ClH/c1-11(16-2)10-17-15(18)7-8-23(19,20)12-5-6-13(21-3)14(9-12)22-4;/h5-6,9,11,16H,7-8,10H2,1-4H3,(H,17,18);1H. The molecule has 24 heavy (non-hydrogen) atoms.